The normalized spacial score (nSPS) is 17.6. The molecule has 1 aromatic heterocycles. The fourth-order valence-electron chi connectivity index (χ4n) is 2.66. The Labute approximate surface area is 147 Å². The van der Waals surface area contributed by atoms with Gasteiger partial charge in [-0.3, -0.25) is 9.58 Å². The van der Waals surface area contributed by atoms with Crippen LogP contribution in [-0.4, -0.2) is 33.7 Å². The van der Waals surface area contributed by atoms with Crippen molar-refractivity contribution in [3.8, 4) is 5.75 Å². The Morgan fingerprint density at radius 1 is 1.11 bits per heavy atom. The molecular weight excluding hydrogens is 384 g/mol. The van der Waals surface area contributed by atoms with Gasteiger partial charge in [0.05, 0.1) is 12.2 Å². The summed E-state index contributed by atoms with van der Waals surface area (Å²) in [5.41, 5.74) is -2.03. The lowest BCUT2D eigenvalue weighted by atomic mass is 10.0. The van der Waals surface area contributed by atoms with Crippen molar-refractivity contribution in [1.29, 1.82) is 0 Å². The Morgan fingerprint density at radius 2 is 1.81 bits per heavy atom. The first-order chi connectivity index (χ1) is 12.5. The van der Waals surface area contributed by atoms with E-state index in [9.17, 15) is 36.2 Å². The fraction of sp³-hybridized carbons (Fsp3) is 0.333. The molecule has 0 radical (unpaired) electrons. The van der Waals surface area contributed by atoms with Crippen molar-refractivity contribution in [3.63, 3.8) is 0 Å². The van der Waals surface area contributed by atoms with E-state index in [2.05, 4.69) is 9.84 Å². The van der Waals surface area contributed by atoms with Crippen molar-refractivity contribution in [2.45, 2.75) is 25.0 Å². The number of anilines is 1. The Morgan fingerprint density at radius 3 is 2.41 bits per heavy atom. The zero-order valence-electron chi connectivity index (χ0n) is 13.3. The number of hydrogen-bond acceptors (Lipinski definition) is 4. The summed E-state index contributed by atoms with van der Waals surface area (Å²) in [4.78, 5) is 12.8. The van der Waals surface area contributed by atoms with Crippen LogP contribution in [0.1, 0.15) is 17.4 Å². The summed E-state index contributed by atoms with van der Waals surface area (Å²) in [7, 11) is 0. The molecule has 1 aliphatic rings. The minimum absolute atomic E-state index is 0.268. The van der Waals surface area contributed by atoms with Gasteiger partial charge in [0, 0.05) is 18.3 Å². The molecule has 1 aliphatic heterocycles. The van der Waals surface area contributed by atoms with Crippen LogP contribution in [0.2, 0.25) is 0 Å². The maximum Gasteiger partial charge on any atom is 0.435 e. The molecule has 0 fully saturated rings. The molecule has 1 N–H and O–H groups in total. The molecule has 0 spiro atoms. The Kier molecular flexibility index (Phi) is 4.44. The number of phenolic OH excluding ortho intramolecular Hbond substituents is 1. The average Bonchev–Trinajstić information content (AvgIpc) is 3.02. The zero-order chi connectivity index (χ0) is 20.0. The second kappa shape index (κ2) is 6.35. The topological polar surface area (TPSA) is 67.6 Å². The van der Waals surface area contributed by atoms with Crippen LogP contribution in [0.15, 0.2) is 30.5 Å². The molecule has 2 aromatic rings. The molecule has 1 aromatic carbocycles. The van der Waals surface area contributed by atoms with Crippen molar-refractivity contribution in [3.05, 3.63) is 41.7 Å². The van der Waals surface area contributed by atoms with Crippen LogP contribution in [-0.2, 0) is 17.5 Å². The van der Waals surface area contributed by atoms with Crippen molar-refractivity contribution in [1.82, 2.24) is 9.78 Å². The van der Waals surface area contributed by atoms with Gasteiger partial charge in [-0.25, -0.2) is 4.79 Å². The van der Waals surface area contributed by atoms with E-state index < -0.39 is 47.2 Å². The second-order valence-electron chi connectivity index (χ2n) is 5.63. The molecule has 1 amide bonds. The highest BCUT2D eigenvalue weighted by atomic mass is 19.4. The minimum atomic E-state index is -4.89. The molecule has 0 saturated carbocycles. The van der Waals surface area contributed by atoms with Gasteiger partial charge < -0.3 is 9.84 Å². The summed E-state index contributed by atoms with van der Waals surface area (Å²) in [6.07, 6.45) is -12.5. The number of cyclic esters (lactones) is 1. The largest absolute Gasteiger partial charge is 0.506 e. The van der Waals surface area contributed by atoms with Gasteiger partial charge in [0.15, 0.2) is 5.69 Å². The Bertz CT molecular complexity index is 861. The first-order valence-electron chi connectivity index (χ1n) is 7.46. The van der Waals surface area contributed by atoms with Crippen LogP contribution in [0.25, 0.3) is 0 Å². The standard InChI is InChI=1S/C15H11F6N3O3/c16-14(17,18)10-4-5-23(22-10)6-7-24-11-8(2-1-3-9(11)25)12(15(19,20)21)27-13(24)26/h1-5,12,25H,6-7H2. The van der Waals surface area contributed by atoms with Gasteiger partial charge in [0.1, 0.15) is 5.75 Å². The first-order valence-corrected chi connectivity index (χ1v) is 7.46. The van der Waals surface area contributed by atoms with Gasteiger partial charge in [0.2, 0.25) is 6.10 Å². The molecule has 146 valence electrons. The third kappa shape index (κ3) is 3.64. The van der Waals surface area contributed by atoms with Crippen LogP contribution in [0.4, 0.5) is 36.8 Å². The third-order valence-corrected chi connectivity index (χ3v) is 3.82. The van der Waals surface area contributed by atoms with E-state index in [4.69, 9.17) is 0 Å². The first kappa shape index (κ1) is 18.9. The highest BCUT2D eigenvalue weighted by Gasteiger charge is 2.50. The fourth-order valence-corrected chi connectivity index (χ4v) is 2.66. The number of amides is 1. The number of carbonyl (C=O) groups is 1. The predicted octanol–water partition coefficient (Wildman–Crippen LogP) is 3.87. The van der Waals surface area contributed by atoms with Crippen LogP contribution in [0.3, 0.4) is 0 Å². The van der Waals surface area contributed by atoms with Crippen LogP contribution in [0, 0.1) is 0 Å². The van der Waals surface area contributed by atoms with E-state index in [0.717, 1.165) is 40.0 Å². The summed E-state index contributed by atoms with van der Waals surface area (Å²) in [5, 5.41) is 13.2. The quantitative estimate of drug-likeness (QED) is 0.802. The molecular formula is C15H11F6N3O3. The molecule has 0 saturated heterocycles. The van der Waals surface area contributed by atoms with Gasteiger partial charge in [-0.2, -0.15) is 31.4 Å². The maximum atomic E-state index is 13.1. The van der Waals surface area contributed by atoms with Gasteiger partial charge in [-0.15, -0.1) is 0 Å². The molecule has 3 rings (SSSR count). The monoisotopic (exact) mass is 395 g/mol. The number of aromatic nitrogens is 2. The summed E-state index contributed by atoms with van der Waals surface area (Å²) < 4.78 is 82.4. The molecule has 2 heterocycles. The van der Waals surface area contributed by atoms with E-state index in [1.807, 2.05) is 0 Å². The van der Waals surface area contributed by atoms with Crippen molar-refractivity contribution >= 4 is 11.8 Å². The highest BCUT2D eigenvalue weighted by molar-refractivity contribution is 5.93. The summed E-state index contributed by atoms with van der Waals surface area (Å²) in [6, 6.07) is 4.02. The maximum absolute atomic E-state index is 13.1. The lowest BCUT2D eigenvalue weighted by molar-refractivity contribution is -0.207. The number of alkyl halides is 6. The molecule has 0 aliphatic carbocycles. The molecule has 6 nitrogen and oxygen atoms in total. The van der Waals surface area contributed by atoms with E-state index >= 15 is 0 Å². The van der Waals surface area contributed by atoms with Crippen molar-refractivity contribution < 1.29 is 41.0 Å². The van der Waals surface area contributed by atoms with E-state index in [0.29, 0.717) is 0 Å². The number of nitrogens with zero attached hydrogens (tertiary/aromatic N) is 3. The van der Waals surface area contributed by atoms with Crippen LogP contribution >= 0.6 is 0 Å². The third-order valence-electron chi connectivity index (χ3n) is 3.82. The van der Waals surface area contributed by atoms with Crippen LogP contribution < -0.4 is 4.90 Å². The summed E-state index contributed by atoms with van der Waals surface area (Å²) >= 11 is 0. The smallest absolute Gasteiger partial charge is 0.435 e. The number of halogens is 6. The number of ether oxygens (including phenoxy) is 1. The van der Waals surface area contributed by atoms with E-state index in [1.165, 1.54) is 0 Å². The molecule has 0 bridgehead atoms. The highest BCUT2D eigenvalue weighted by Crippen LogP contribution is 2.47. The lowest BCUT2D eigenvalue weighted by Gasteiger charge is -2.34. The number of hydrogen-bond donors (Lipinski definition) is 1. The molecule has 12 heteroatoms. The molecule has 27 heavy (non-hydrogen) atoms. The van der Waals surface area contributed by atoms with Gasteiger partial charge in [0.25, 0.3) is 0 Å². The van der Waals surface area contributed by atoms with Crippen molar-refractivity contribution in [2.75, 3.05) is 11.4 Å². The number of carbonyl (C=O) groups excluding carboxylic acids is 1. The lowest BCUT2D eigenvalue weighted by Crippen LogP contribution is -2.43. The Balaban J connectivity index is 1.88. The molecule has 1 unspecified atom stereocenters. The Hall–Kier alpha value is -2.92. The SMILES string of the molecule is O=C1OC(C(F)(F)F)c2cccc(O)c2N1CCn1ccc(C(F)(F)F)n1. The average molecular weight is 395 g/mol. The number of rotatable bonds is 3. The number of fused-ring (bicyclic) bond motifs is 1. The number of phenols is 1. The number of para-hydroxylation sites is 1. The zero-order valence-corrected chi connectivity index (χ0v) is 13.3. The summed E-state index contributed by atoms with van der Waals surface area (Å²) in [5.74, 6) is -0.588. The van der Waals surface area contributed by atoms with Gasteiger partial charge >= 0.3 is 18.4 Å². The minimum Gasteiger partial charge on any atom is -0.506 e. The van der Waals surface area contributed by atoms with Gasteiger partial charge in [-0.1, -0.05) is 12.1 Å². The van der Waals surface area contributed by atoms with Crippen LogP contribution in [0.5, 0.6) is 5.75 Å². The van der Waals surface area contributed by atoms with E-state index in [-0.39, 0.29) is 13.1 Å². The predicted molar refractivity (Wildman–Crippen MR) is 78.0 cm³/mol. The second-order valence-corrected chi connectivity index (χ2v) is 5.63. The number of aromatic hydroxyl groups is 1. The number of benzene rings is 1. The summed E-state index contributed by atoms with van der Waals surface area (Å²) in [6.45, 7) is -0.636. The van der Waals surface area contributed by atoms with Crippen molar-refractivity contribution in [2.24, 2.45) is 0 Å². The van der Waals surface area contributed by atoms with Gasteiger partial charge in [-0.05, 0) is 12.1 Å². The molecule has 1 atom stereocenters. The van der Waals surface area contributed by atoms with E-state index in [1.54, 1.807) is 0 Å².